The van der Waals surface area contributed by atoms with Gasteiger partial charge in [0.1, 0.15) is 5.75 Å². The molecule has 0 saturated heterocycles. The molecular formula is C30H28O5S. The predicted octanol–water partition coefficient (Wildman–Crippen LogP) is 7.60. The van der Waals surface area contributed by atoms with Gasteiger partial charge in [-0.15, -0.1) is 11.3 Å². The number of esters is 1. The molecule has 0 atom stereocenters. The highest BCUT2D eigenvalue weighted by Gasteiger charge is 2.08. The van der Waals surface area contributed by atoms with Crippen LogP contribution >= 0.6 is 11.3 Å². The molecule has 36 heavy (non-hydrogen) atoms. The Morgan fingerprint density at radius 1 is 0.778 bits per heavy atom. The van der Waals surface area contributed by atoms with Crippen LogP contribution in [0.4, 0.5) is 0 Å². The summed E-state index contributed by atoms with van der Waals surface area (Å²) in [5.41, 5.74) is 2.44. The molecule has 0 fully saturated rings. The Kier molecular flexibility index (Phi) is 8.53. The highest BCUT2D eigenvalue weighted by atomic mass is 32.1. The van der Waals surface area contributed by atoms with E-state index in [2.05, 4.69) is 49.0 Å². The molecule has 0 unspecified atom stereocenters. The zero-order valence-corrected chi connectivity index (χ0v) is 20.8. The van der Waals surface area contributed by atoms with Crippen LogP contribution in [0.2, 0.25) is 0 Å². The first kappa shape index (κ1) is 25.2. The predicted molar refractivity (Wildman–Crippen MR) is 145 cm³/mol. The lowest BCUT2D eigenvalue weighted by molar-refractivity contribution is -0.137. The largest absolute Gasteiger partial charge is 0.494 e. The zero-order valence-electron chi connectivity index (χ0n) is 19.9. The Morgan fingerprint density at radius 3 is 2.14 bits per heavy atom. The number of carbonyl (C=O) groups is 2. The van der Waals surface area contributed by atoms with Crippen molar-refractivity contribution in [2.45, 2.75) is 25.7 Å². The number of carbonyl (C=O) groups excluding carboxylic acids is 1. The van der Waals surface area contributed by atoms with E-state index in [1.807, 2.05) is 18.2 Å². The van der Waals surface area contributed by atoms with Crippen LogP contribution in [0.1, 0.15) is 36.0 Å². The molecule has 0 radical (unpaired) electrons. The fourth-order valence-corrected chi connectivity index (χ4v) is 4.88. The van der Waals surface area contributed by atoms with Gasteiger partial charge in [0.2, 0.25) is 0 Å². The summed E-state index contributed by atoms with van der Waals surface area (Å²) in [6.45, 7) is 4.47. The normalized spacial score (nSPS) is 10.8. The van der Waals surface area contributed by atoms with Crippen molar-refractivity contribution >= 4 is 34.0 Å². The van der Waals surface area contributed by atoms with Crippen molar-refractivity contribution in [2.24, 2.45) is 0 Å². The number of carboxylic acids is 1. The Labute approximate surface area is 214 Å². The van der Waals surface area contributed by atoms with Crippen LogP contribution in [0.25, 0.3) is 31.7 Å². The number of hydrogen-bond donors (Lipinski definition) is 1. The van der Waals surface area contributed by atoms with Crippen molar-refractivity contribution in [2.75, 3.05) is 13.2 Å². The van der Waals surface area contributed by atoms with E-state index in [4.69, 9.17) is 14.6 Å². The first-order valence-electron chi connectivity index (χ1n) is 11.9. The lowest BCUT2D eigenvalue weighted by atomic mass is 10.1. The summed E-state index contributed by atoms with van der Waals surface area (Å²) in [4.78, 5) is 24.3. The average Bonchev–Trinajstić information content (AvgIpc) is 3.40. The number of benzene rings is 3. The standard InChI is InChI=1S/C30H28O5S/c1-2-29(31)35-18-6-4-3-5-17-34-26-14-13-23-19-25(12-11-24(23)20-26)28-16-15-27(36-28)21-7-9-22(10-8-21)30(32)33/h2,7-16,19-20H,1,3-6,17-18H2,(H,32,33). The first-order chi connectivity index (χ1) is 17.5. The lowest BCUT2D eigenvalue weighted by Crippen LogP contribution is -2.02. The molecule has 0 bridgehead atoms. The van der Waals surface area contributed by atoms with Gasteiger partial charge < -0.3 is 14.6 Å². The maximum Gasteiger partial charge on any atom is 0.335 e. The van der Waals surface area contributed by atoms with Crippen LogP contribution in [0.5, 0.6) is 5.75 Å². The first-order valence-corrected chi connectivity index (χ1v) is 12.7. The summed E-state index contributed by atoms with van der Waals surface area (Å²) in [6, 6.07) is 23.7. The molecule has 4 aromatic rings. The lowest BCUT2D eigenvalue weighted by Gasteiger charge is -2.08. The summed E-state index contributed by atoms with van der Waals surface area (Å²) < 4.78 is 10.9. The van der Waals surface area contributed by atoms with Gasteiger partial charge in [0.25, 0.3) is 0 Å². The van der Waals surface area contributed by atoms with E-state index in [0.29, 0.717) is 13.2 Å². The molecule has 4 rings (SSSR count). The summed E-state index contributed by atoms with van der Waals surface area (Å²) in [7, 11) is 0. The van der Waals surface area contributed by atoms with Crippen molar-refractivity contribution in [3.8, 4) is 26.6 Å². The van der Waals surface area contributed by atoms with Crippen LogP contribution in [-0.4, -0.2) is 30.3 Å². The number of aromatic carboxylic acids is 1. The van der Waals surface area contributed by atoms with E-state index in [-0.39, 0.29) is 11.5 Å². The number of ether oxygens (including phenoxy) is 2. The van der Waals surface area contributed by atoms with Gasteiger partial charge >= 0.3 is 11.9 Å². The Balaban J connectivity index is 1.31. The highest BCUT2D eigenvalue weighted by molar-refractivity contribution is 7.18. The summed E-state index contributed by atoms with van der Waals surface area (Å²) in [6.07, 6.45) is 5.00. The SMILES string of the molecule is C=CC(=O)OCCCCCCOc1ccc2cc(-c3ccc(-c4ccc(C(=O)O)cc4)s3)ccc2c1. The van der Waals surface area contributed by atoms with E-state index in [1.165, 1.54) is 6.08 Å². The summed E-state index contributed by atoms with van der Waals surface area (Å²) in [5, 5.41) is 11.4. The average molecular weight is 501 g/mol. The maximum absolute atomic E-state index is 11.1. The third kappa shape index (κ3) is 6.61. The Hall–Kier alpha value is -3.90. The highest BCUT2D eigenvalue weighted by Crippen LogP contribution is 2.36. The molecule has 1 heterocycles. The van der Waals surface area contributed by atoms with E-state index < -0.39 is 5.97 Å². The number of rotatable bonds is 12. The van der Waals surface area contributed by atoms with Gasteiger partial charge in [-0.1, -0.05) is 36.9 Å². The van der Waals surface area contributed by atoms with E-state index in [1.54, 1.807) is 23.5 Å². The monoisotopic (exact) mass is 500 g/mol. The molecule has 0 aliphatic rings. The molecule has 1 N–H and O–H groups in total. The fraction of sp³-hybridized carbons (Fsp3) is 0.200. The van der Waals surface area contributed by atoms with Crippen LogP contribution in [-0.2, 0) is 9.53 Å². The van der Waals surface area contributed by atoms with E-state index >= 15 is 0 Å². The molecule has 6 heteroatoms. The van der Waals surface area contributed by atoms with Crippen molar-refractivity contribution in [1.29, 1.82) is 0 Å². The fourth-order valence-electron chi connectivity index (χ4n) is 3.87. The molecule has 1 aromatic heterocycles. The molecule has 184 valence electrons. The summed E-state index contributed by atoms with van der Waals surface area (Å²) >= 11 is 1.69. The van der Waals surface area contributed by atoms with Crippen LogP contribution in [0, 0.1) is 0 Å². The molecule has 0 spiro atoms. The van der Waals surface area contributed by atoms with Crippen molar-refractivity contribution in [1.82, 2.24) is 0 Å². The molecular weight excluding hydrogens is 472 g/mol. The minimum absolute atomic E-state index is 0.289. The van der Waals surface area contributed by atoms with E-state index in [9.17, 15) is 9.59 Å². The second-order valence-electron chi connectivity index (χ2n) is 8.40. The Bertz CT molecular complexity index is 1350. The van der Waals surface area contributed by atoms with E-state index in [0.717, 1.165) is 63.1 Å². The minimum atomic E-state index is -0.918. The van der Waals surface area contributed by atoms with Crippen molar-refractivity contribution in [3.05, 3.63) is 91.0 Å². The van der Waals surface area contributed by atoms with Crippen molar-refractivity contribution in [3.63, 3.8) is 0 Å². The van der Waals surface area contributed by atoms with Crippen LogP contribution in [0.15, 0.2) is 85.5 Å². The van der Waals surface area contributed by atoms with Gasteiger partial charge in [-0.05, 0) is 90.0 Å². The maximum atomic E-state index is 11.1. The van der Waals surface area contributed by atoms with Gasteiger partial charge in [-0.3, -0.25) is 0 Å². The second-order valence-corrected chi connectivity index (χ2v) is 9.49. The van der Waals surface area contributed by atoms with Gasteiger partial charge in [-0.2, -0.15) is 0 Å². The Morgan fingerprint density at radius 2 is 1.42 bits per heavy atom. The number of unbranched alkanes of at least 4 members (excludes halogenated alkanes) is 3. The number of fused-ring (bicyclic) bond motifs is 1. The van der Waals surface area contributed by atoms with Gasteiger partial charge in [0.15, 0.2) is 0 Å². The number of thiophene rings is 1. The third-order valence-electron chi connectivity index (χ3n) is 5.84. The minimum Gasteiger partial charge on any atom is -0.494 e. The van der Waals surface area contributed by atoms with Gasteiger partial charge in [0, 0.05) is 15.8 Å². The smallest absolute Gasteiger partial charge is 0.335 e. The molecule has 0 amide bonds. The van der Waals surface area contributed by atoms with Crippen LogP contribution < -0.4 is 4.74 Å². The quantitative estimate of drug-likeness (QED) is 0.123. The molecule has 0 aliphatic heterocycles. The summed E-state index contributed by atoms with van der Waals surface area (Å²) in [5.74, 6) is -0.427. The second kappa shape index (κ2) is 12.2. The topological polar surface area (TPSA) is 72.8 Å². The molecule has 0 saturated carbocycles. The van der Waals surface area contributed by atoms with Crippen molar-refractivity contribution < 1.29 is 24.2 Å². The van der Waals surface area contributed by atoms with Gasteiger partial charge in [0.05, 0.1) is 18.8 Å². The zero-order chi connectivity index (χ0) is 25.3. The molecule has 3 aromatic carbocycles. The van der Waals surface area contributed by atoms with Gasteiger partial charge in [-0.25, -0.2) is 9.59 Å². The third-order valence-corrected chi connectivity index (χ3v) is 7.02. The molecule has 5 nitrogen and oxygen atoms in total. The van der Waals surface area contributed by atoms with Crippen LogP contribution in [0.3, 0.4) is 0 Å². The number of hydrogen-bond acceptors (Lipinski definition) is 5. The molecule has 0 aliphatic carbocycles. The number of carboxylic acid groups (broad SMARTS) is 1.